The smallest absolute Gasteiger partial charge is 0.257 e. The van der Waals surface area contributed by atoms with Crippen molar-refractivity contribution in [2.75, 3.05) is 26.7 Å². The minimum Gasteiger partial charge on any atom is -0.334 e. The van der Waals surface area contributed by atoms with Crippen LogP contribution in [-0.2, 0) is 0 Å². The van der Waals surface area contributed by atoms with Gasteiger partial charge in [-0.2, -0.15) is 0 Å². The lowest BCUT2D eigenvalue weighted by Gasteiger charge is -2.30. The number of hydrogen-bond acceptors (Lipinski definition) is 3. The minimum atomic E-state index is 0.000231. The van der Waals surface area contributed by atoms with Crippen molar-refractivity contribution in [3.63, 3.8) is 0 Å². The molecule has 1 aromatic heterocycles. The fraction of sp³-hybridized carbons (Fsp3) is 0.571. The second-order valence-electron chi connectivity index (χ2n) is 5.03. The molecule has 1 aliphatic rings. The molecular formula is C14H20ClN3O. The van der Waals surface area contributed by atoms with Gasteiger partial charge in [-0.1, -0.05) is 18.5 Å². The number of amides is 1. The first-order chi connectivity index (χ1) is 9.13. The molecule has 0 spiro atoms. The second kappa shape index (κ2) is 6.35. The van der Waals surface area contributed by atoms with Gasteiger partial charge in [-0.15, -0.1) is 0 Å². The molecule has 0 radical (unpaired) electrons. The van der Waals surface area contributed by atoms with Crippen molar-refractivity contribution in [1.82, 2.24) is 14.8 Å². The van der Waals surface area contributed by atoms with E-state index in [1.165, 1.54) is 0 Å². The van der Waals surface area contributed by atoms with Gasteiger partial charge in [0.25, 0.3) is 5.91 Å². The van der Waals surface area contributed by atoms with Crippen LogP contribution in [0.4, 0.5) is 0 Å². The quantitative estimate of drug-likeness (QED) is 0.835. The molecule has 19 heavy (non-hydrogen) atoms. The van der Waals surface area contributed by atoms with Crippen LogP contribution in [0.25, 0.3) is 0 Å². The molecule has 1 aliphatic heterocycles. The van der Waals surface area contributed by atoms with E-state index in [0.29, 0.717) is 10.6 Å². The Bertz CT molecular complexity index is 452. The van der Waals surface area contributed by atoms with Crippen LogP contribution in [0, 0.1) is 0 Å². The summed E-state index contributed by atoms with van der Waals surface area (Å²) in [4.78, 5) is 20.9. The van der Waals surface area contributed by atoms with Crippen molar-refractivity contribution in [2.45, 2.75) is 25.8 Å². The molecule has 5 heteroatoms. The zero-order valence-electron chi connectivity index (χ0n) is 11.5. The van der Waals surface area contributed by atoms with Crippen molar-refractivity contribution >= 4 is 17.5 Å². The Morgan fingerprint density at radius 3 is 3.00 bits per heavy atom. The van der Waals surface area contributed by atoms with Gasteiger partial charge in [0.2, 0.25) is 0 Å². The number of aromatic nitrogens is 1. The lowest BCUT2D eigenvalue weighted by molar-refractivity contribution is 0.0675. The fourth-order valence-corrected chi connectivity index (χ4v) is 2.74. The summed E-state index contributed by atoms with van der Waals surface area (Å²) in [5.41, 5.74) is 0.507. The molecule has 1 aromatic rings. The van der Waals surface area contributed by atoms with E-state index < -0.39 is 0 Å². The number of rotatable bonds is 2. The number of likely N-dealkylation sites (N-methyl/N-ethyl adjacent to an activating group) is 1. The van der Waals surface area contributed by atoms with Crippen LogP contribution < -0.4 is 0 Å². The average molecular weight is 282 g/mol. The maximum absolute atomic E-state index is 12.6. The summed E-state index contributed by atoms with van der Waals surface area (Å²) >= 11 is 6.10. The number of hydrogen-bond donors (Lipinski definition) is 0. The maximum atomic E-state index is 12.6. The SMILES string of the molecule is CCC1CN(C)CCCN1C(=O)c1cnccc1Cl. The molecule has 1 atom stereocenters. The van der Waals surface area contributed by atoms with Gasteiger partial charge in [0.05, 0.1) is 10.6 Å². The predicted octanol–water partition coefficient (Wildman–Crippen LogP) is 2.29. The van der Waals surface area contributed by atoms with Gasteiger partial charge < -0.3 is 9.80 Å². The summed E-state index contributed by atoms with van der Waals surface area (Å²) in [5, 5.41) is 0.479. The molecule has 1 saturated heterocycles. The van der Waals surface area contributed by atoms with Gasteiger partial charge in [0, 0.05) is 31.5 Å². The normalized spacial score (nSPS) is 21.2. The van der Waals surface area contributed by atoms with E-state index in [1.807, 2.05) is 4.90 Å². The van der Waals surface area contributed by atoms with Crippen LogP contribution in [-0.4, -0.2) is 53.4 Å². The van der Waals surface area contributed by atoms with Gasteiger partial charge in [-0.25, -0.2) is 0 Å². The zero-order chi connectivity index (χ0) is 13.8. The Morgan fingerprint density at radius 2 is 2.32 bits per heavy atom. The number of nitrogens with zero attached hydrogens (tertiary/aromatic N) is 3. The maximum Gasteiger partial charge on any atom is 0.257 e. The topological polar surface area (TPSA) is 36.4 Å². The van der Waals surface area contributed by atoms with E-state index >= 15 is 0 Å². The largest absolute Gasteiger partial charge is 0.334 e. The van der Waals surface area contributed by atoms with Crippen LogP contribution in [0.1, 0.15) is 30.1 Å². The zero-order valence-corrected chi connectivity index (χ0v) is 12.2. The Hall–Kier alpha value is -1.13. The highest BCUT2D eigenvalue weighted by Gasteiger charge is 2.27. The summed E-state index contributed by atoms with van der Waals surface area (Å²) in [6.07, 6.45) is 5.11. The molecule has 1 fully saturated rings. The third kappa shape index (κ3) is 3.25. The lowest BCUT2D eigenvalue weighted by atomic mass is 10.1. The van der Waals surface area contributed by atoms with Crippen molar-refractivity contribution in [3.05, 3.63) is 29.0 Å². The molecule has 2 heterocycles. The highest BCUT2D eigenvalue weighted by atomic mass is 35.5. The van der Waals surface area contributed by atoms with Crippen LogP contribution in [0.15, 0.2) is 18.5 Å². The van der Waals surface area contributed by atoms with Crippen molar-refractivity contribution < 1.29 is 4.79 Å². The van der Waals surface area contributed by atoms with Crippen molar-refractivity contribution in [3.8, 4) is 0 Å². The third-order valence-corrected chi connectivity index (χ3v) is 3.96. The molecule has 1 unspecified atom stereocenters. The average Bonchev–Trinajstić information content (AvgIpc) is 2.60. The molecule has 0 aromatic carbocycles. The van der Waals surface area contributed by atoms with Gasteiger partial charge >= 0.3 is 0 Å². The Balaban J connectivity index is 2.23. The molecule has 0 bridgehead atoms. The van der Waals surface area contributed by atoms with Gasteiger partial charge in [0.15, 0.2) is 0 Å². The predicted molar refractivity (Wildman–Crippen MR) is 76.5 cm³/mol. The number of carbonyl (C=O) groups is 1. The standard InChI is InChI=1S/C14H20ClN3O/c1-3-11-10-17(2)7-4-8-18(11)14(19)12-9-16-6-5-13(12)15/h5-6,9,11H,3-4,7-8,10H2,1-2H3. The van der Waals surface area contributed by atoms with Crippen molar-refractivity contribution in [1.29, 1.82) is 0 Å². The Labute approximate surface area is 119 Å². The molecule has 0 aliphatic carbocycles. The number of pyridine rings is 1. The first kappa shape index (κ1) is 14.3. The van der Waals surface area contributed by atoms with E-state index in [2.05, 4.69) is 23.9 Å². The summed E-state index contributed by atoms with van der Waals surface area (Å²) in [6, 6.07) is 1.91. The lowest BCUT2D eigenvalue weighted by Crippen LogP contribution is -2.43. The first-order valence-corrected chi connectivity index (χ1v) is 7.10. The van der Waals surface area contributed by atoms with Crippen LogP contribution in [0.3, 0.4) is 0 Å². The van der Waals surface area contributed by atoms with Gasteiger partial charge in [-0.3, -0.25) is 9.78 Å². The monoisotopic (exact) mass is 281 g/mol. The Morgan fingerprint density at radius 1 is 1.53 bits per heavy atom. The van der Waals surface area contributed by atoms with E-state index in [-0.39, 0.29) is 11.9 Å². The van der Waals surface area contributed by atoms with E-state index in [0.717, 1.165) is 32.5 Å². The number of halogens is 1. The van der Waals surface area contributed by atoms with Gasteiger partial charge in [-0.05, 0) is 32.5 Å². The molecule has 104 valence electrons. The molecule has 0 N–H and O–H groups in total. The van der Waals surface area contributed by atoms with Crippen molar-refractivity contribution in [2.24, 2.45) is 0 Å². The summed E-state index contributed by atoms with van der Waals surface area (Å²) in [5.74, 6) is 0.000231. The molecular weight excluding hydrogens is 262 g/mol. The second-order valence-corrected chi connectivity index (χ2v) is 5.44. The van der Waals surface area contributed by atoms with Crippen LogP contribution in [0.2, 0.25) is 5.02 Å². The molecule has 2 rings (SSSR count). The van der Waals surface area contributed by atoms with E-state index in [1.54, 1.807) is 18.5 Å². The van der Waals surface area contributed by atoms with E-state index in [4.69, 9.17) is 11.6 Å². The summed E-state index contributed by atoms with van der Waals surface area (Å²) < 4.78 is 0. The number of carbonyl (C=O) groups excluding carboxylic acids is 1. The molecule has 4 nitrogen and oxygen atoms in total. The van der Waals surface area contributed by atoms with Crippen LogP contribution in [0.5, 0.6) is 0 Å². The van der Waals surface area contributed by atoms with Crippen LogP contribution >= 0.6 is 11.6 Å². The molecule has 0 saturated carbocycles. The third-order valence-electron chi connectivity index (χ3n) is 3.63. The molecule has 1 amide bonds. The van der Waals surface area contributed by atoms with Gasteiger partial charge in [0.1, 0.15) is 0 Å². The minimum absolute atomic E-state index is 0.000231. The summed E-state index contributed by atoms with van der Waals surface area (Å²) in [6.45, 7) is 4.85. The highest BCUT2D eigenvalue weighted by Crippen LogP contribution is 2.20. The highest BCUT2D eigenvalue weighted by molar-refractivity contribution is 6.33. The van der Waals surface area contributed by atoms with E-state index in [9.17, 15) is 4.79 Å². The fourth-order valence-electron chi connectivity index (χ4n) is 2.55. The Kier molecular flexibility index (Phi) is 4.77. The summed E-state index contributed by atoms with van der Waals surface area (Å²) in [7, 11) is 2.10. The first-order valence-electron chi connectivity index (χ1n) is 6.72.